The largest absolute Gasteiger partial charge is 0.478 e. The number of aryl methyl sites for hydroxylation is 1. The average Bonchev–Trinajstić information content (AvgIpc) is 2.39. The van der Waals surface area contributed by atoms with Gasteiger partial charge in [-0.3, -0.25) is 0 Å². The van der Waals surface area contributed by atoms with E-state index in [1.54, 1.807) is 24.4 Å². The monoisotopic (exact) mass is 261 g/mol. The fourth-order valence-electron chi connectivity index (χ4n) is 1.36. The second-order valence-corrected chi connectivity index (χ2v) is 4.53. The number of rotatable bonds is 4. The first kappa shape index (κ1) is 12.5. The number of carboxylic acids is 1. The molecular formula is C12H11N3O2S. The molecule has 0 saturated carbocycles. The molecule has 2 aromatic rings. The summed E-state index contributed by atoms with van der Waals surface area (Å²) >= 11 is 1.32. The Balaban J connectivity index is 2.32. The van der Waals surface area contributed by atoms with Crippen LogP contribution in [0, 0.1) is 0 Å². The molecule has 92 valence electrons. The third-order valence-electron chi connectivity index (χ3n) is 2.23. The lowest BCUT2D eigenvalue weighted by Crippen LogP contribution is -2.00. The molecule has 5 nitrogen and oxygen atoms in total. The summed E-state index contributed by atoms with van der Waals surface area (Å²) in [5.41, 5.74) is 1.00. The molecule has 0 aromatic carbocycles. The van der Waals surface area contributed by atoms with E-state index in [-0.39, 0.29) is 5.56 Å². The van der Waals surface area contributed by atoms with Crippen LogP contribution in [0.25, 0.3) is 0 Å². The highest BCUT2D eigenvalue weighted by Gasteiger charge is 2.09. The molecule has 0 aliphatic carbocycles. The van der Waals surface area contributed by atoms with E-state index in [4.69, 9.17) is 5.11 Å². The Morgan fingerprint density at radius 2 is 2.22 bits per heavy atom. The van der Waals surface area contributed by atoms with Crippen molar-refractivity contribution in [2.45, 2.75) is 23.4 Å². The van der Waals surface area contributed by atoms with Crippen LogP contribution in [0.4, 0.5) is 0 Å². The van der Waals surface area contributed by atoms with Gasteiger partial charge >= 0.3 is 5.97 Å². The van der Waals surface area contributed by atoms with Crippen LogP contribution < -0.4 is 0 Å². The first-order valence-electron chi connectivity index (χ1n) is 5.37. The fraction of sp³-hybridized carbons (Fsp3) is 0.167. The van der Waals surface area contributed by atoms with Gasteiger partial charge in [-0.15, -0.1) is 0 Å². The van der Waals surface area contributed by atoms with Gasteiger partial charge in [0.15, 0.2) is 0 Å². The highest BCUT2D eigenvalue weighted by molar-refractivity contribution is 7.99. The van der Waals surface area contributed by atoms with Crippen LogP contribution in [0.15, 0.2) is 40.8 Å². The van der Waals surface area contributed by atoms with E-state index in [0.717, 1.165) is 10.7 Å². The topological polar surface area (TPSA) is 76.0 Å². The van der Waals surface area contributed by atoms with Gasteiger partial charge in [0.05, 0.1) is 5.56 Å². The zero-order chi connectivity index (χ0) is 13.0. The summed E-state index contributed by atoms with van der Waals surface area (Å²) in [6, 6.07) is 4.89. The van der Waals surface area contributed by atoms with Gasteiger partial charge < -0.3 is 5.11 Å². The number of carboxylic acid groups (broad SMARTS) is 1. The van der Waals surface area contributed by atoms with Crippen LogP contribution in [-0.4, -0.2) is 26.0 Å². The minimum absolute atomic E-state index is 0.249. The highest BCUT2D eigenvalue weighted by Crippen LogP contribution is 2.25. The standard InChI is InChI=1S/C12H11N3O2S/c1-2-9-5-8(12(16)17)6-11(15-9)18-10-3-4-13-7-14-10/h3-7H,2H2,1H3,(H,16,17). The maximum atomic E-state index is 11.0. The lowest BCUT2D eigenvalue weighted by Gasteiger charge is -2.04. The molecule has 0 spiro atoms. The van der Waals surface area contributed by atoms with Crippen LogP contribution >= 0.6 is 11.8 Å². The third kappa shape index (κ3) is 3.04. The summed E-state index contributed by atoms with van der Waals surface area (Å²) in [7, 11) is 0. The smallest absolute Gasteiger partial charge is 0.335 e. The number of aromatic nitrogens is 3. The second kappa shape index (κ2) is 5.59. The molecule has 0 bridgehead atoms. The average molecular weight is 261 g/mol. The Labute approximate surface area is 108 Å². The quantitative estimate of drug-likeness (QED) is 0.851. The summed E-state index contributed by atoms with van der Waals surface area (Å²) < 4.78 is 0. The number of pyridine rings is 1. The van der Waals surface area contributed by atoms with Crippen LogP contribution in [0.2, 0.25) is 0 Å². The molecule has 1 N–H and O–H groups in total. The molecule has 0 unspecified atom stereocenters. The molecule has 0 fully saturated rings. The summed E-state index contributed by atoms with van der Waals surface area (Å²) in [5.74, 6) is -0.948. The van der Waals surface area contributed by atoms with Crippen LogP contribution in [0.1, 0.15) is 23.0 Å². The predicted octanol–water partition coefficient (Wildman–Crippen LogP) is 2.28. The van der Waals surface area contributed by atoms with E-state index in [2.05, 4.69) is 15.0 Å². The second-order valence-electron chi connectivity index (χ2n) is 3.49. The van der Waals surface area contributed by atoms with Crippen molar-refractivity contribution < 1.29 is 9.90 Å². The van der Waals surface area contributed by atoms with Gasteiger partial charge in [0, 0.05) is 11.9 Å². The zero-order valence-corrected chi connectivity index (χ0v) is 10.5. The highest BCUT2D eigenvalue weighted by atomic mass is 32.2. The van der Waals surface area contributed by atoms with Crippen LogP contribution in [0.3, 0.4) is 0 Å². The third-order valence-corrected chi connectivity index (χ3v) is 3.10. The van der Waals surface area contributed by atoms with Gasteiger partial charge in [0.1, 0.15) is 16.4 Å². The number of aromatic carboxylic acids is 1. The summed E-state index contributed by atoms with van der Waals surface area (Å²) in [5, 5.41) is 10.4. The first-order valence-corrected chi connectivity index (χ1v) is 6.19. The summed E-state index contributed by atoms with van der Waals surface area (Å²) in [6.07, 6.45) is 3.78. The maximum Gasteiger partial charge on any atom is 0.335 e. The zero-order valence-electron chi connectivity index (χ0n) is 9.70. The predicted molar refractivity (Wildman–Crippen MR) is 66.7 cm³/mol. The molecule has 0 atom stereocenters. The number of nitrogens with zero attached hydrogens (tertiary/aromatic N) is 3. The normalized spacial score (nSPS) is 10.3. The molecule has 0 aliphatic rings. The lowest BCUT2D eigenvalue weighted by molar-refractivity contribution is 0.0696. The molecule has 18 heavy (non-hydrogen) atoms. The van der Waals surface area contributed by atoms with Crippen molar-refractivity contribution >= 4 is 17.7 Å². The van der Waals surface area contributed by atoms with Gasteiger partial charge in [0.25, 0.3) is 0 Å². The van der Waals surface area contributed by atoms with Gasteiger partial charge in [-0.1, -0.05) is 6.92 Å². The van der Waals surface area contributed by atoms with E-state index < -0.39 is 5.97 Å². The van der Waals surface area contributed by atoms with Crippen molar-refractivity contribution in [1.82, 2.24) is 15.0 Å². The molecule has 0 aliphatic heterocycles. The molecule has 6 heteroatoms. The maximum absolute atomic E-state index is 11.0. The SMILES string of the molecule is CCc1cc(C(=O)O)cc(Sc2ccncn2)n1. The van der Waals surface area contributed by atoms with Crippen molar-refractivity contribution in [3.8, 4) is 0 Å². The Morgan fingerprint density at radius 3 is 2.83 bits per heavy atom. The Morgan fingerprint density at radius 1 is 1.39 bits per heavy atom. The Bertz CT molecular complexity index is 561. The molecule has 2 heterocycles. The minimum atomic E-state index is -0.948. The molecule has 0 saturated heterocycles. The van der Waals surface area contributed by atoms with E-state index in [0.29, 0.717) is 11.4 Å². The molecule has 2 rings (SSSR count). The fourth-order valence-corrected chi connectivity index (χ4v) is 2.16. The summed E-state index contributed by atoms with van der Waals surface area (Å²) in [6.45, 7) is 1.94. The van der Waals surface area contributed by atoms with Crippen LogP contribution in [0.5, 0.6) is 0 Å². The molecule has 2 aromatic heterocycles. The number of hydrogen-bond acceptors (Lipinski definition) is 5. The van der Waals surface area contributed by atoms with Crippen molar-refractivity contribution in [1.29, 1.82) is 0 Å². The van der Waals surface area contributed by atoms with Gasteiger partial charge in [-0.25, -0.2) is 19.7 Å². The minimum Gasteiger partial charge on any atom is -0.478 e. The van der Waals surface area contributed by atoms with E-state index in [9.17, 15) is 4.79 Å². The Hall–Kier alpha value is -1.95. The lowest BCUT2D eigenvalue weighted by atomic mass is 10.2. The number of carbonyl (C=O) groups is 1. The van der Waals surface area contributed by atoms with Gasteiger partial charge in [-0.2, -0.15) is 0 Å². The van der Waals surface area contributed by atoms with Crippen molar-refractivity contribution in [3.05, 3.63) is 42.0 Å². The van der Waals surface area contributed by atoms with Crippen molar-refractivity contribution in [2.24, 2.45) is 0 Å². The van der Waals surface area contributed by atoms with Gasteiger partial charge in [0.2, 0.25) is 0 Å². The van der Waals surface area contributed by atoms with E-state index in [1.807, 2.05) is 6.92 Å². The van der Waals surface area contributed by atoms with E-state index >= 15 is 0 Å². The van der Waals surface area contributed by atoms with Crippen molar-refractivity contribution in [3.63, 3.8) is 0 Å². The Kier molecular flexibility index (Phi) is 3.88. The molecule has 0 radical (unpaired) electrons. The molecule has 0 amide bonds. The molecular weight excluding hydrogens is 250 g/mol. The van der Waals surface area contributed by atoms with E-state index in [1.165, 1.54) is 18.1 Å². The number of hydrogen-bond donors (Lipinski definition) is 1. The first-order chi connectivity index (χ1) is 8.69. The van der Waals surface area contributed by atoms with Gasteiger partial charge in [-0.05, 0) is 36.4 Å². The summed E-state index contributed by atoms with van der Waals surface area (Å²) in [4.78, 5) is 23.3. The van der Waals surface area contributed by atoms with Crippen LogP contribution in [-0.2, 0) is 6.42 Å². The van der Waals surface area contributed by atoms with Crippen molar-refractivity contribution in [2.75, 3.05) is 0 Å².